The summed E-state index contributed by atoms with van der Waals surface area (Å²) >= 11 is 5.68. The fourth-order valence-corrected chi connectivity index (χ4v) is 2.66. The van der Waals surface area contributed by atoms with Crippen molar-refractivity contribution in [3.8, 4) is 0 Å². The highest BCUT2D eigenvalue weighted by molar-refractivity contribution is 6.18. The van der Waals surface area contributed by atoms with Gasteiger partial charge in [-0.25, -0.2) is 0 Å². The van der Waals surface area contributed by atoms with Crippen LogP contribution in [0.2, 0.25) is 0 Å². The monoisotopic (exact) mass is 238 g/mol. The van der Waals surface area contributed by atoms with Gasteiger partial charge in [-0.05, 0) is 44.1 Å². The highest BCUT2D eigenvalue weighted by Gasteiger charge is 2.26. The maximum atomic E-state index is 5.68. The maximum absolute atomic E-state index is 5.68. The molecule has 1 heteroatoms. The van der Waals surface area contributed by atoms with Gasteiger partial charge in [0, 0.05) is 5.88 Å². The summed E-state index contributed by atoms with van der Waals surface area (Å²) in [4.78, 5) is 0. The van der Waals surface area contributed by atoms with E-state index in [2.05, 4.69) is 39.8 Å². The first kappa shape index (κ1) is 13.6. The van der Waals surface area contributed by atoms with Gasteiger partial charge in [0.1, 0.15) is 0 Å². The van der Waals surface area contributed by atoms with E-state index >= 15 is 0 Å². The Morgan fingerprint density at radius 2 is 2.12 bits per heavy atom. The van der Waals surface area contributed by atoms with E-state index in [0.717, 1.165) is 0 Å². The third kappa shape index (κ3) is 3.52. The van der Waals surface area contributed by atoms with E-state index in [-0.39, 0.29) is 0 Å². The molecule has 0 spiro atoms. The van der Waals surface area contributed by atoms with E-state index in [9.17, 15) is 0 Å². The zero-order valence-electron chi connectivity index (χ0n) is 10.9. The molecule has 0 fully saturated rings. The third-order valence-corrected chi connectivity index (χ3v) is 3.61. The van der Waals surface area contributed by atoms with Gasteiger partial charge in [0.25, 0.3) is 0 Å². The molecule has 1 rings (SSSR count). The average Bonchev–Trinajstić information content (AvgIpc) is 2.16. The van der Waals surface area contributed by atoms with Crippen LogP contribution in [0.3, 0.4) is 0 Å². The predicted molar refractivity (Wildman–Crippen MR) is 73.9 cm³/mol. The van der Waals surface area contributed by atoms with Crippen molar-refractivity contribution in [1.29, 1.82) is 0 Å². The summed E-state index contributed by atoms with van der Waals surface area (Å²) < 4.78 is 0. The summed E-state index contributed by atoms with van der Waals surface area (Å²) in [5.74, 6) is 0.595. The van der Waals surface area contributed by atoms with Gasteiger partial charge >= 0.3 is 0 Å². The summed E-state index contributed by atoms with van der Waals surface area (Å²) in [6.45, 7) is 9.05. The maximum Gasteiger partial charge on any atom is 0.0409 e. The number of halogens is 1. The molecule has 90 valence electrons. The van der Waals surface area contributed by atoms with Gasteiger partial charge in [0.15, 0.2) is 0 Å². The lowest BCUT2D eigenvalue weighted by Gasteiger charge is -2.32. The summed E-state index contributed by atoms with van der Waals surface area (Å²) in [6, 6.07) is 0. The van der Waals surface area contributed by atoms with Gasteiger partial charge < -0.3 is 0 Å². The molecule has 0 aliphatic heterocycles. The zero-order valence-corrected chi connectivity index (χ0v) is 11.7. The van der Waals surface area contributed by atoms with Crippen LogP contribution in [-0.2, 0) is 0 Å². The SMILES string of the molecule is CC1=C(/C=C/C(C)=C/CCl)C(C)(C)CCC1. The fraction of sp³-hybridized carbons (Fsp3) is 0.600. The van der Waals surface area contributed by atoms with Crippen molar-refractivity contribution >= 4 is 11.6 Å². The first-order valence-electron chi connectivity index (χ1n) is 6.08. The van der Waals surface area contributed by atoms with Crippen LogP contribution in [0, 0.1) is 5.41 Å². The minimum Gasteiger partial charge on any atom is -0.122 e. The molecule has 0 saturated heterocycles. The molecule has 0 atom stereocenters. The summed E-state index contributed by atoms with van der Waals surface area (Å²) in [7, 11) is 0. The first-order chi connectivity index (χ1) is 7.47. The van der Waals surface area contributed by atoms with Crippen molar-refractivity contribution in [2.45, 2.75) is 47.0 Å². The van der Waals surface area contributed by atoms with E-state index in [1.165, 1.54) is 30.4 Å². The van der Waals surface area contributed by atoms with Crippen LogP contribution in [0.15, 0.2) is 34.9 Å². The molecule has 0 saturated carbocycles. The van der Waals surface area contributed by atoms with E-state index < -0.39 is 0 Å². The second-order valence-corrected chi connectivity index (χ2v) is 5.68. The molecule has 0 unspecified atom stereocenters. The van der Waals surface area contributed by atoms with E-state index in [1.807, 2.05) is 6.08 Å². The van der Waals surface area contributed by atoms with Crippen molar-refractivity contribution in [2.75, 3.05) is 5.88 Å². The number of hydrogen-bond donors (Lipinski definition) is 0. The number of alkyl halides is 1. The number of rotatable bonds is 3. The van der Waals surface area contributed by atoms with E-state index in [0.29, 0.717) is 11.3 Å². The Kier molecular flexibility index (Phi) is 4.86. The molecule has 16 heavy (non-hydrogen) atoms. The van der Waals surface area contributed by atoms with E-state index in [4.69, 9.17) is 11.6 Å². The average molecular weight is 239 g/mol. The lowest BCUT2D eigenvalue weighted by molar-refractivity contribution is 0.377. The van der Waals surface area contributed by atoms with Gasteiger partial charge in [-0.1, -0.05) is 43.2 Å². The molecular formula is C15H23Cl. The lowest BCUT2D eigenvalue weighted by atomic mass is 9.72. The largest absolute Gasteiger partial charge is 0.122 e. The van der Waals surface area contributed by atoms with Crippen LogP contribution in [0.1, 0.15) is 47.0 Å². The molecule has 0 aromatic rings. The van der Waals surface area contributed by atoms with Crippen LogP contribution in [-0.4, -0.2) is 5.88 Å². The number of hydrogen-bond acceptors (Lipinski definition) is 0. The molecule has 0 N–H and O–H groups in total. The Balaban J connectivity index is 2.89. The third-order valence-electron chi connectivity index (χ3n) is 3.45. The summed E-state index contributed by atoms with van der Waals surface area (Å²) in [5.41, 5.74) is 4.64. The molecule has 0 amide bonds. The topological polar surface area (TPSA) is 0 Å². The predicted octanol–water partition coefficient (Wildman–Crippen LogP) is 5.25. The van der Waals surface area contributed by atoms with Crippen LogP contribution in [0.5, 0.6) is 0 Å². The summed E-state index contributed by atoms with van der Waals surface area (Å²) in [6.07, 6.45) is 10.4. The van der Waals surface area contributed by atoms with Gasteiger partial charge in [0.2, 0.25) is 0 Å². The standard InChI is InChI=1S/C15H23Cl/c1-12(9-11-16)7-8-14-13(2)6-5-10-15(14,3)4/h7-9H,5-6,10-11H2,1-4H3/b8-7+,12-9+. The Morgan fingerprint density at radius 3 is 2.69 bits per heavy atom. The van der Waals surface area contributed by atoms with Crippen molar-refractivity contribution in [2.24, 2.45) is 5.41 Å². The van der Waals surface area contributed by atoms with Crippen LogP contribution >= 0.6 is 11.6 Å². The minimum absolute atomic E-state index is 0.333. The Labute approximate surface area is 105 Å². The molecule has 0 aromatic heterocycles. The highest BCUT2D eigenvalue weighted by atomic mass is 35.5. The molecule has 0 nitrogen and oxygen atoms in total. The van der Waals surface area contributed by atoms with Crippen molar-refractivity contribution in [1.82, 2.24) is 0 Å². The van der Waals surface area contributed by atoms with Crippen molar-refractivity contribution in [3.05, 3.63) is 34.9 Å². The molecule has 1 aliphatic rings. The zero-order chi connectivity index (χ0) is 12.2. The van der Waals surface area contributed by atoms with Gasteiger partial charge in [0.05, 0.1) is 0 Å². The van der Waals surface area contributed by atoms with Gasteiger partial charge in [-0.2, -0.15) is 0 Å². The molecule has 0 aromatic carbocycles. The second-order valence-electron chi connectivity index (χ2n) is 5.37. The second kappa shape index (κ2) is 5.72. The minimum atomic E-state index is 0.333. The van der Waals surface area contributed by atoms with Gasteiger partial charge in [-0.15, -0.1) is 11.6 Å². The fourth-order valence-electron chi connectivity index (χ4n) is 2.41. The molecule has 1 aliphatic carbocycles. The van der Waals surface area contributed by atoms with Crippen LogP contribution < -0.4 is 0 Å². The quantitative estimate of drug-likeness (QED) is 0.465. The first-order valence-corrected chi connectivity index (χ1v) is 6.62. The van der Waals surface area contributed by atoms with Gasteiger partial charge in [-0.3, -0.25) is 0 Å². The Morgan fingerprint density at radius 1 is 1.44 bits per heavy atom. The van der Waals surface area contributed by atoms with Crippen LogP contribution in [0.25, 0.3) is 0 Å². The van der Waals surface area contributed by atoms with Crippen molar-refractivity contribution < 1.29 is 0 Å². The molecule has 0 bridgehead atoms. The lowest BCUT2D eigenvalue weighted by Crippen LogP contribution is -2.19. The Bertz CT molecular complexity index is 329. The number of allylic oxidation sites excluding steroid dienone is 6. The van der Waals surface area contributed by atoms with Crippen molar-refractivity contribution in [3.63, 3.8) is 0 Å². The Hall–Kier alpha value is -0.490. The normalized spacial score (nSPS) is 21.9. The smallest absolute Gasteiger partial charge is 0.0409 e. The molecule has 0 radical (unpaired) electrons. The van der Waals surface area contributed by atoms with Crippen LogP contribution in [0.4, 0.5) is 0 Å². The molecule has 0 heterocycles. The van der Waals surface area contributed by atoms with E-state index in [1.54, 1.807) is 5.57 Å². The highest BCUT2D eigenvalue weighted by Crippen LogP contribution is 2.40. The summed E-state index contributed by atoms with van der Waals surface area (Å²) in [5, 5.41) is 0. The molecular weight excluding hydrogens is 216 g/mol.